The molecule has 3 nitrogen and oxygen atoms in total. The molecule has 3 atom stereocenters. The van der Waals surface area contributed by atoms with Crippen molar-refractivity contribution in [3.63, 3.8) is 0 Å². The Kier molecular flexibility index (Phi) is 2.54. The number of aliphatic carboxylic acids is 1. The standard InChI is InChI=1S/C7H11NO2.BrH/c9-7(10)6-4-8-2-1-5(6)3-8;/h5-6H,1-4H2,(H,9,10);1H/t5-,6-;/m0./s1. The Morgan fingerprint density at radius 1 is 1.45 bits per heavy atom. The molecule has 1 N–H and O–H groups in total. The number of halogens is 1. The molecule has 0 amide bonds. The van der Waals surface area contributed by atoms with Crippen molar-refractivity contribution in [1.29, 1.82) is 0 Å². The monoisotopic (exact) mass is 221 g/mol. The van der Waals surface area contributed by atoms with Crippen LogP contribution in [0.25, 0.3) is 0 Å². The molecule has 0 aliphatic carbocycles. The Balaban J connectivity index is 0.000000605. The summed E-state index contributed by atoms with van der Waals surface area (Å²) in [5.41, 5.74) is 0. The highest BCUT2D eigenvalue weighted by molar-refractivity contribution is 8.93. The molecule has 0 aromatic carbocycles. The molecular formula is C7H12BrNO2. The molecular weight excluding hydrogens is 210 g/mol. The number of carboxylic acids is 1. The second-order valence-electron chi connectivity index (χ2n) is 3.25. The topological polar surface area (TPSA) is 40.5 Å². The van der Waals surface area contributed by atoms with Gasteiger partial charge in [-0.1, -0.05) is 0 Å². The van der Waals surface area contributed by atoms with Gasteiger partial charge in [0.05, 0.1) is 5.92 Å². The van der Waals surface area contributed by atoms with Gasteiger partial charge in [0.1, 0.15) is 0 Å². The van der Waals surface area contributed by atoms with Gasteiger partial charge in [0.15, 0.2) is 0 Å². The third-order valence-electron chi connectivity index (χ3n) is 2.65. The molecule has 2 bridgehead atoms. The van der Waals surface area contributed by atoms with Crippen LogP contribution in [0.4, 0.5) is 0 Å². The van der Waals surface area contributed by atoms with Crippen LogP contribution in [0, 0.1) is 11.8 Å². The molecule has 2 heterocycles. The zero-order valence-corrected chi connectivity index (χ0v) is 7.91. The number of hydrogen-bond acceptors (Lipinski definition) is 2. The Morgan fingerprint density at radius 3 is 2.45 bits per heavy atom. The number of nitrogens with zero attached hydrogens (tertiary/aromatic N) is 1. The van der Waals surface area contributed by atoms with E-state index in [0.717, 1.165) is 26.1 Å². The normalized spacial score (nSPS) is 40.2. The Morgan fingerprint density at radius 2 is 2.18 bits per heavy atom. The molecule has 2 rings (SSSR count). The molecule has 2 saturated heterocycles. The highest BCUT2D eigenvalue weighted by atomic mass is 79.9. The van der Waals surface area contributed by atoms with Gasteiger partial charge in [-0.15, -0.1) is 17.0 Å². The average Bonchev–Trinajstić information content (AvgIpc) is 2.44. The lowest BCUT2D eigenvalue weighted by atomic mass is 9.93. The van der Waals surface area contributed by atoms with Crippen molar-refractivity contribution in [2.45, 2.75) is 6.42 Å². The lowest BCUT2D eigenvalue weighted by Gasteiger charge is -2.17. The zero-order valence-electron chi connectivity index (χ0n) is 6.19. The third kappa shape index (κ3) is 1.42. The fourth-order valence-corrected chi connectivity index (χ4v) is 2.06. The average molecular weight is 222 g/mol. The Hall–Kier alpha value is -0.0900. The first kappa shape index (κ1) is 9.00. The number of piperidine rings is 1. The molecule has 0 radical (unpaired) electrons. The summed E-state index contributed by atoms with van der Waals surface area (Å²) in [5, 5.41) is 8.71. The fraction of sp³-hybridized carbons (Fsp3) is 0.857. The molecule has 2 aliphatic rings. The highest BCUT2D eigenvalue weighted by Gasteiger charge is 2.41. The van der Waals surface area contributed by atoms with Crippen molar-refractivity contribution < 1.29 is 9.90 Å². The van der Waals surface area contributed by atoms with Gasteiger partial charge in [-0.25, -0.2) is 0 Å². The van der Waals surface area contributed by atoms with E-state index < -0.39 is 5.97 Å². The Bertz CT molecular complexity index is 174. The second-order valence-corrected chi connectivity index (χ2v) is 3.25. The summed E-state index contributed by atoms with van der Waals surface area (Å²) in [4.78, 5) is 12.8. The first-order valence-electron chi connectivity index (χ1n) is 3.72. The molecule has 64 valence electrons. The number of fused-ring (bicyclic) bond motifs is 2. The van der Waals surface area contributed by atoms with Crippen molar-refractivity contribution in [3.05, 3.63) is 0 Å². The summed E-state index contributed by atoms with van der Waals surface area (Å²) in [6.07, 6.45) is 1.09. The van der Waals surface area contributed by atoms with Gasteiger partial charge in [0.2, 0.25) is 0 Å². The molecule has 0 saturated carbocycles. The van der Waals surface area contributed by atoms with E-state index >= 15 is 0 Å². The number of hydrogen-bond donors (Lipinski definition) is 1. The van der Waals surface area contributed by atoms with Gasteiger partial charge in [-0.05, 0) is 18.9 Å². The van der Waals surface area contributed by atoms with E-state index in [9.17, 15) is 4.79 Å². The summed E-state index contributed by atoms with van der Waals surface area (Å²) in [6.45, 7) is 2.94. The summed E-state index contributed by atoms with van der Waals surface area (Å²) in [7, 11) is 0. The minimum absolute atomic E-state index is 0. The van der Waals surface area contributed by atoms with Crippen LogP contribution in [-0.2, 0) is 4.79 Å². The molecule has 1 unspecified atom stereocenters. The Labute approximate surface area is 76.1 Å². The van der Waals surface area contributed by atoms with Crippen LogP contribution in [0.3, 0.4) is 0 Å². The minimum atomic E-state index is -0.604. The largest absolute Gasteiger partial charge is 0.481 e. The van der Waals surface area contributed by atoms with Crippen molar-refractivity contribution in [3.8, 4) is 0 Å². The van der Waals surface area contributed by atoms with E-state index in [1.54, 1.807) is 0 Å². The lowest BCUT2D eigenvalue weighted by molar-refractivity contribution is -0.143. The van der Waals surface area contributed by atoms with Crippen LogP contribution in [0.2, 0.25) is 0 Å². The van der Waals surface area contributed by atoms with E-state index in [2.05, 4.69) is 4.90 Å². The second kappa shape index (κ2) is 3.11. The van der Waals surface area contributed by atoms with Crippen LogP contribution in [0.1, 0.15) is 6.42 Å². The summed E-state index contributed by atoms with van der Waals surface area (Å²) in [5.74, 6) is -0.210. The van der Waals surface area contributed by atoms with Crippen molar-refractivity contribution in [1.82, 2.24) is 4.90 Å². The molecule has 4 heteroatoms. The first-order valence-corrected chi connectivity index (χ1v) is 3.72. The van der Waals surface area contributed by atoms with Crippen LogP contribution in [0.15, 0.2) is 0 Å². The summed E-state index contributed by atoms with van der Waals surface area (Å²) < 4.78 is 0. The third-order valence-corrected chi connectivity index (χ3v) is 2.65. The maximum Gasteiger partial charge on any atom is 0.308 e. The van der Waals surface area contributed by atoms with Gasteiger partial charge < -0.3 is 10.0 Å². The zero-order chi connectivity index (χ0) is 7.14. The van der Waals surface area contributed by atoms with Crippen LogP contribution >= 0.6 is 17.0 Å². The van der Waals surface area contributed by atoms with E-state index in [4.69, 9.17) is 5.11 Å². The van der Waals surface area contributed by atoms with E-state index in [1.165, 1.54) is 0 Å². The maximum absolute atomic E-state index is 10.6. The predicted molar refractivity (Wildman–Crippen MR) is 46.0 cm³/mol. The predicted octanol–water partition coefficient (Wildman–Crippen LogP) is 0.601. The van der Waals surface area contributed by atoms with Crippen LogP contribution < -0.4 is 0 Å². The number of rotatable bonds is 1. The van der Waals surface area contributed by atoms with Crippen molar-refractivity contribution in [2.75, 3.05) is 19.6 Å². The summed E-state index contributed by atoms with van der Waals surface area (Å²) in [6, 6.07) is 0. The van der Waals surface area contributed by atoms with Gasteiger partial charge in [0, 0.05) is 13.1 Å². The molecule has 0 aromatic rings. The lowest BCUT2D eigenvalue weighted by Crippen LogP contribution is -2.28. The quantitative estimate of drug-likeness (QED) is 0.706. The van der Waals surface area contributed by atoms with E-state index in [0.29, 0.717) is 5.92 Å². The van der Waals surface area contributed by atoms with E-state index in [-0.39, 0.29) is 22.9 Å². The van der Waals surface area contributed by atoms with Gasteiger partial charge in [0.25, 0.3) is 0 Å². The fourth-order valence-electron chi connectivity index (χ4n) is 2.06. The summed E-state index contributed by atoms with van der Waals surface area (Å²) >= 11 is 0. The molecule has 0 aromatic heterocycles. The number of carbonyl (C=O) groups is 1. The molecule has 2 aliphatic heterocycles. The van der Waals surface area contributed by atoms with Crippen molar-refractivity contribution >= 4 is 23.0 Å². The van der Waals surface area contributed by atoms with Crippen LogP contribution in [0.5, 0.6) is 0 Å². The highest BCUT2D eigenvalue weighted by Crippen LogP contribution is 2.32. The maximum atomic E-state index is 10.6. The first-order chi connectivity index (χ1) is 4.77. The van der Waals surface area contributed by atoms with Crippen molar-refractivity contribution in [2.24, 2.45) is 11.8 Å². The van der Waals surface area contributed by atoms with E-state index in [1.807, 2.05) is 0 Å². The molecule has 2 fully saturated rings. The number of carboxylic acid groups (broad SMARTS) is 1. The SMILES string of the molecule is Br.O=C(O)[C@H]1CN2CC[C@H]1C2. The molecule has 11 heavy (non-hydrogen) atoms. The minimum Gasteiger partial charge on any atom is -0.481 e. The van der Waals surface area contributed by atoms with Gasteiger partial charge in [-0.2, -0.15) is 0 Å². The smallest absolute Gasteiger partial charge is 0.308 e. The van der Waals surface area contributed by atoms with Crippen LogP contribution in [-0.4, -0.2) is 35.6 Å². The van der Waals surface area contributed by atoms with Gasteiger partial charge >= 0.3 is 5.97 Å². The van der Waals surface area contributed by atoms with Gasteiger partial charge in [-0.3, -0.25) is 4.79 Å². The molecule has 0 spiro atoms.